The van der Waals surface area contributed by atoms with Gasteiger partial charge in [0.2, 0.25) is 5.91 Å². The molecule has 2 aliphatic heterocycles. The largest absolute Gasteiger partial charge is 0.469 e. The monoisotopic (exact) mass is 393 g/mol. The second-order valence-electron chi connectivity index (χ2n) is 7.36. The van der Waals surface area contributed by atoms with E-state index >= 15 is 0 Å². The molecule has 0 radical (unpaired) electrons. The van der Waals surface area contributed by atoms with E-state index in [0.29, 0.717) is 32.5 Å². The first-order chi connectivity index (χ1) is 13.0. The predicted molar refractivity (Wildman–Crippen MR) is 104 cm³/mol. The zero-order valence-electron chi connectivity index (χ0n) is 15.9. The van der Waals surface area contributed by atoms with Crippen molar-refractivity contribution in [3.05, 3.63) is 34.9 Å². The van der Waals surface area contributed by atoms with Gasteiger partial charge in [0.25, 0.3) is 0 Å². The van der Waals surface area contributed by atoms with Gasteiger partial charge >= 0.3 is 5.97 Å². The molecule has 0 N–H and O–H groups in total. The van der Waals surface area contributed by atoms with Crippen molar-refractivity contribution in [2.24, 2.45) is 5.92 Å². The van der Waals surface area contributed by atoms with Crippen LogP contribution in [0.2, 0.25) is 5.02 Å². The summed E-state index contributed by atoms with van der Waals surface area (Å²) < 4.78 is 4.80. The zero-order chi connectivity index (χ0) is 19.2. The molecule has 0 aromatic heterocycles. The highest BCUT2D eigenvalue weighted by Gasteiger charge is 2.29. The summed E-state index contributed by atoms with van der Waals surface area (Å²) in [6.07, 6.45) is 1.40. The number of hydrogen-bond donors (Lipinski definition) is 0. The molecule has 0 saturated carbocycles. The fourth-order valence-electron chi connectivity index (χ4n) is 3.78. The fourth-order valence-corrected chi connectivity index (χ4v) is 3.90. The van der Waals surface area contributed by atoms with Crippen molar-refractivity contribution >= 4 is 23.5 Å². The van der Waals surface area contributed by atoms with Gasteiger partial charge < -0.3 is 9.64 Å². The minimum absolute atomic E-state index is 0.0598. The molecule has 7 heteroatoms. The van der Waals surface area contributed by atoms with Crippen molar-refractivity contribution in [2.45, 2.75) is 19.4 Å². The second kappa shape index (κ2) is 9.53. The fraction of sp³-hybridized carbons (Fsp3) is 0.600. The summed E-state index contributed by atoms with van der Waals surface area (Å²) in [7, 11) is 1.42. The molecule has 148 valence electrons. The SMILES string of the molecule is COC(=O)C1CCN(C(=O)CN2CCN(Cc3ccc(Cl)cc3)CC2)CC1. The Morgan fingerprint density at radius 3 is 2.19 bits per heavy atom. The number of esters is 1. The standard InChI is InChI=1S/C20H28ClN3O3/c1-27-20(26)17-6-8-24(9-7-17)19(25)15-23-12-10-22(11-13-23)14-16-2-4-18(21)5-3-16/h2-5,17H,6-15H2,1H3. The first-order valence-corrected chi connectivity index (χ1v) is 9.97. The van der Waals surface area contributed by atoms with E-state index < -0.39 is 0 Å². The number of halogens is 1. The van der Waals surface area contributed by atoms with Crippen molar-refractivity contribution in [1.82, 2.24) is 14.7 Å². The van der Waals surface area contributed by atoms with Gasteiger partial charge in [-0.3, -0.25) is 19.4 Å². The van der Waals surface area contributed by atoms with Crippen molar-refractivity contribution < 1.29 is 14.3 Å². The van der Waals surface area contributed by atoms with Crippen LogP contribution in [-0.2, 0) is 20.9 Å². The van der Waals surface area contributed by atoms with Crippen LogP contribution in [0.25, 0.3) is 0 Å². The Hall–Kier alpha value is -1.63. The number of rotatable bonds is 5. The summed E-state index contributed by atoms with van der Waals surface area (Å²) in [6, 6.07) is 7.98. The Morgan fingerprint density at radius 2 is 1.59 bits per heavy atom. The van der Waals surface area contributed by atoms with E-state index in [1.54, 1.807) is 0 Å². The highest BCUT2D eigenvalue weighted by atomic mass is 35.5. The quantitative estimate of drug-likeness (QED) is 0.715. The van der Waals surface area contributed by atoms with E-state index in [9.17, 15) is 9.59 Å². The summed E-state index contributed by atoms with van der Waals surface area (Å²) in [5.74, 6) is -0.0427. The van der Waals surface area contributed by atoms with Crippen LogP contribution in [0.5, 0.6) is 0 Å². The van der Waals surface area contributed by atoms with Gasteiger partial charge in [-0.25, -0.2) is 0 Å². The normalized spacial score (nSPS) is 19.9. The van der Waals surface area contributed by atoms with Crippen molar-refractivity contribution in [1.29, 1.82) is 0 Å². The summed E-state index contributed by atoms with van der Waals surface area (Å²) in [5, 5.41) is 0.762. The smallest absolute Gasteiger partial charge is 0.308 e. The number of amides is 1. The van der Waals surface area contributed by atoms with Crippen molar-refractivity contribution in [2.75, 3.05) is 52.9 Å². The molecule has 0 bridgehead atoms. The van der Waals surface area contributed by atoms with Crippen LogP contribution in [0, 0.1) is 5.92 Å². The number of ether oxygens (including phenoxy) is 1. The number of methoxy groups -OCH3 is 1. The average Bonchev–Trinajstić information content (AvgIpc) is 2.70. The Kier molecular flexibility index (Phi) is 7.10. The lowest BCUT2D eigenvalue weighted by molar-refractivity contribution is -0.149. The molecule has 0 spiro atoms. The molecule has 1 aromatic rings. The first kappa shape index (κ1) is 20.1. The van der Waals surface area contributed by atoms with Crippen molar-refractivity contribution in [3.8, 4) is 0 Å². The molecule has 0 atom stereocenters. The third-order valence-electron chi connectivity index (χ3n) is 5.53. The van der Waals surface area contributed by atoms with Gasteiger partial charge in [-0.2, -0.15) is 0 Å². The Morgan fingerprint density at radius 1 is 1.00 bits per heavy atom. The maximum Gasteiger partial charge on any atom is 0.308 e. The van der Waals surface area contributed by atoms with E-state index in [4.69, 9.17) is 16.3 Å². The van der Waals surface area contributed by atoms with Gasteiger partial charge in [-0.05, 0) is 30.5 Å². The lowest BCUT2D eigenvalue weighted by Gasteiger charge is -2.36. The van der Waals surface area contributed by atoms with Gasteiger partial charge in [-0.15, -0.1) is 0 Å². The lowest BCUT2D eigenvalue weighted by Crippen LogP contribution is -2.51. The maximum absolute atomic E-state index is 12.6. The third-order valence-corrected chi connectivity index (χ3v) is 5.78. The Bertz CT molecular complexity index is 636. The molecule has 2 aliphatic rings. The van der Waals surface area contributed by atoms with Gasteiger partial charge in [0.1, 0.15) is 0 Å². The molecule has 1 aromatic carbocycles. The molecule has 6 nitrogen and oxygen atoms in total. The topological polar surface area (TPSA) is 53.1 Å². The number of likely N-dealkylation sites (tertiary alicyclic amines) is 1. The van der Waals surface area contributed by atoms with Gasteiger partial charge in [0, 0.05) is 50.8 Å². The van der Waals surface area contributed by atoms with E-state index in [1.165, 1.54) is 12.7 Å². The summed E-state index contributed by atoms with van der Waals surface area (Å²) in [5.41, 5.74) is 1.26. The summed E-state index contributed by atoms with van der Waals surface area (Å²) >= 11 is 5.94. The Labute approximate surface area is 166 Å². The number of piperazine rings is 1. The van der Waals surface area contributed by atoms with E-state index in [0.717, 1.165) is 37.7 Å². The van der Waals surface area contributed by atoms with Gasteiger partial charge in [-0.1, -0.05) is 23.7 Å². The van der Waals surface area contributed by atoms with Crippen LogP contribution < -0.4 is 0 Å². The molecule has 0 unspecified atom stereocenters. The predicted octanol–water partition coefficient (Wildman–Crippen LogP) is 1.87. The number of hydrogen-bond acceptors (Lipinski definition) is 5. The minimum Gasteiger partial charge on any atom is -0.469 e. The van der Waals surface area contributed by atoms with E-state index in [-0.39, 0.29) is 17.8 Å². The van der Waals surface area contributed by atoms with Gasteiger partial charge in [0.05, 0.1) is 19.6 Å². The van der Waals surface area contributed by atoms with E-state index in [1.807, 2.05) is 17.0 Å². The molecule has 2 fully saturated rings. The number of benzene rings is 1. The average molecular weight is 394 g/mol. The highest BCUT2D eigenvalue weighted by molar-refractivity contribution is 6.30. The van der Waals surface area contributed by atoms with Crippen LogP contribution >= 0.6 is 11.6 Å². The second-order valence-corrected chi connectivity index (χ2v) is 7.79. The van der Waals surface area contributed by atoms with Crippen LogP contribution in [-0.4, -0.2) is 79.5 Å². The summed E-state index contributed by atoms with van der Waals surface area (Å²) in [4.78, 5) is 30.7. The molecule has 3 rings (SSSR count). The molecule has 2 heterocycles. The Balaban J connectivity index is 1.38. The molecule has 1 amide bonds. The number of carbonyl (C=O) groups excluding carboxylic acids is 2. The van der Waals surface area contributed by atoms with Crippen LogP contribution in [0.3, 0.4) is 0 Å². The maximum atomic E-state index is 12.6. The summed E-state index contributed by atoms with van der Waals surface area (Å²) in [6.45, 7) is 6.40. The molecule has 2 saturated heterocycles. The van der Waals surface area contributed by atoms with Gasteiger partial charge in [0.15, 0.2) is 0 Å². The molecule has 27 heavy (non-hydrogen) atoms. The van der Waals surface area contributed by atoms with Crippen molar-refractivity contribution in [3.63, 3.8) is 0 Å². The van der Waals surface area contributed by atoms with Crippen LogP contribution in [0.15, 0.2) is 24.3 Å². The lowest BCUT2D eigenvalue weighted by atomic mass is 9.97. The van der Waals surface area contributed by atoms with E-state index in [2.05, 4.69) is 21.9 Å². The number of nitrogens with zero attached hydrogens (tertiary/aromatic N) is 3. The third kappa shape index (κ3) is 5.67. The van der Waals surface area contributed by atoms with Crippen LogP contribution in [0.4, 0.5) is 0 Å². The number of piperidine rings is 1. The minimum atomic E-state index is -0.154. The molecular formula is C20H28ClN3O3. The zero-order valence-corrected chi connectivity index (χ0v) is 16.7. The molecular weight excluding hydrogens is 366 g/mol. The first-order valence-electron chi connectivity index (χ1n) is 9.60. The highest BCUT2D eigenvalue weighted by Crippen LogP contribution is 2.19. The number of carbonyl (C=O) groups is 2. The van der Waals surface area contributed by atoms with Crippen LogP contribution in [0.1, 0.15) is 18.4 Å². The molecule has 0 aliphatic carbocycles.